The van der Waals surface area contributed by atoms with Crippen molar-refractivity contribution in [1.82, 2.24) is 9.13 Å². The van der Waals surface area contributed by atoms with Crippen LogP contribution in [0, 0.1) is 0 Å². The van der Waals surface area contributed by atoms with Crippen molar-refractivity contribution in [2.45, 2.75) is 51.4 Å². The minimum atomic E-state index is 0.112. The second kappa shape index (κ2) is 11.7. The summed E-state index contributed by atoms with van der Waals surface area (Å²) in [5.74, 6) is 0. The van der Waals surface area contributed by atoms with E-state index in [9.17, 15) is 0 Å². The molecule has 0 saturated heterocycles. The van der Waals surface area contributed by atoms with Crippen LogP contribution in [0.15, 0.2) is 158 Å². The molecule has 3 heterocycles. The van der Waals surface area contributed by atoms with Crippen LogP contribution in [-0.4, -0.2) is 9.13 Å². The molecule has 0 saturated carbocycles. The van der Waals surface area contributed by atoms with Gasteiger partial charge in [-0.05, 0) is 129 Å². The van der Waals surface area contributed by atoms with Crippen LogP contribution >= 0.6 is 11.3 Å². The summed E-state index contributed by atoms with van der Waals surface area (Å²) in [5, 5.41) is 10.4. The number of benzene rings is 8. The van der Waals surface area contributed by atoms with E-state index in [1.54, 1.807) is 0 Å². The van der Waals surface area contributed by atoms with Gasteiger partial charge in [-0.2, -0.15) is 0 Å². The monoisotopic (exact) mass is 750 g/mol. The Hall–Kier alpha value is -6.16. The van der Waals surface area contributed by atoms with Crippen LogP contribution in [-0.2, 0) is 10.8 Å². The van der Waals surface area contributed by atoms with Gasteiger partial charge >= 0.3 is 0 Å². The summed E-state index contributed by atoms with van der Waals surface area (Å²) in [5.41, 5.74) is 13.0. The third-order valence-electron chi connectivity index (χ3n) is 13.4. The molecular weight excluding hydrogens is 709 g/mol. The van der Waals surface area contributed by atoms with Gasteiger partial charge in [-0.3, -0.25) is 0 Å². The zero-order chi connectivity index (χ0) is 38.2. The van der Waals surface area contributed by atoms with Crippen molar-refractivity contribution in [1.29, 1.82) is 0 Å². The molecule has 274 valence electrons. The Balaban J connectivity index is 1.14. The third-order valence-corrected chi connectivity index (χ3v) is 14.5. The highest BCUT2D eigenvalue weighted by atomic mass is 32.1. The molecule has 3 aromatic heterocycles. The molecule has 1 aliphatic rings. The first-order valence-corrected chi connectivity index (χ1v) is 21.1. The van der Waals surface area contributed by atoms with Crippen molar-refractivity contribution in [3.8, 4) is 22.5 Å². The van der Waals surface area contributed by atoms with Crippen molar-refractivity contribution >= 4 is 85.9 Å². The van der Waals surface area contributed by atoms with Crippen molar-refractivity contribution in [3.63, 3.8) is 0 Å². The van der Waals surface area contributed by atoms with Gasteiger partial charge in [0.2, 0.25) is 0 Å². The number of hydrogen-bond donors (Lipinski definition) is 0. The van der Waals surface area contributed by atoms with Gasteiger partial charge in [0.05, 0.1) is 22.1 Å². The molecule has 0 bridgehead atoms. The van der Waals surface area contributed by atoms with Crippen LogP contribution < -0.4 is 0 Å². The number of aromatic nitrogens is 2. The molecule has 0 spiro atoms. The molecule has 57 heavy (non-hydrogen) atoms. The Morgan fingerprint density at radius 1 is 0.404 bits per heavy atom. The normalized spacial score (nSPS) is 15.2. The van der Waals surface area contributed by atoms with Crippen molar-refractivity contribution in [2.24, 2.45) is 0 Å². The van der Waals surface area contributed by atoms with Crippen LogP contribution in [0.3, 0.4) is 0 Å². The number of para-hydroxylation sites is 1. The zero-order valence-corrected chi connectivity index (χ0v) is 33.5. The predicted molar refractivity (Wildman–Crippen MR) is 246 cm³/mol. The fourth-order valence-electron chi connectivity index (χ4n) is 10.2. The molecule has 0 radical (unpaired) electrons. The number of rotatable bonds is 3. The first kappa shape index (κ1) is 33.0. The third kappa shape index (κ3) is 4.76. The first-order valence-electron chi connectivity index (χ1n) is 20.3. The van der Waals surface area contributed by atoms with Gasteiger partial charge in [0, 0.05) is 53.1 Å². The lowest BCUT2D eigenvalue weighted by Crippen LogP contribution is -2.33. The molecule has 0 fully saturated rings. The van der Waals surface area contributed by atoms with E-state index in [1.807, 2.05) is 11.3 Å². The maximum absolute atomic E-state index is 2.56. The minimum Gasteiger partial charge on any atom is -0.309 e. The fraction of sp³-hybridized carbons (Fsp3) is 0.148. The van der Waals surface area contributed by atoms with E-state index in [-0.39, 0.29) is 10.8 Å². The summed E-state index contributed by atoms with van der Waals surface area (Å²) in [6.45, 7) is 9.75. The van der Waals surface area contributed by atoms with Gasteiger partial charge in [-0.25, -0.2) is 0 Å². The highest BCUT2D eigenvalue weighted by molar-refractivity contribution is 7.25. The summed E-state index contributed by atoms with van der Waals surface area (Å²) in [6, 6.07) is 59.5. The molecule has 0 amide bonds. The van der Waals surface area contributed by atoms with Crippen LogP contribution in [0.2, 0.25) is 0 Å². The van der Waals surface area contributed by atoms with Gasteiger partial charge in [0.25, 0.3) is 0 Å². The van der Waals surface area contributed by atoms with Gasteiger partial charge < -0.3 is 9.13 Å². The highest BCUT2D eigenvalue weighted by Crippen LogP contribution is 2.50. The first-order chi connectivity index (χ1) is 27.7. The molecular formula is C54H42N2S. The standard InChI is InChI=1S/C54H42N2S/c1-53(2)26-27-54(3,4)45-32-49-40(29-44(45)53)41-30-48-43(31-47(41)56(49)36-13-6-5-7-14-36)52-38-15-9-8-12-34(38)20-24-46(52)55(48)37-22-18-33(19-23-37)35-21-25-51-42(28-35)39-16-10-11-17-50(39)57-51/h5-25,28-32H,26-27H2,1-4H3. The van der Waals surface area contributed by atoms with Gasteiger partial charge in [-0.1, -0.05) is 113 Å². The Morgan fingerprint density at radius 3 is 1.79 bits per heavy atom. The largest absolute Gasteiger partial charge is 0.309 e. The molecule has 0 unspecified atom stereocenters. The van der Waals surface area contributed by atoms with E-state index in [0.29, 0.717) is 0 Å². The number of nitrogens with zero attached hydrogens (tertiary/aromatic N) is 2. The summed E-state index contributed by atoms with van der Waals surface area (Å²) in [7, 11) is 0. The van der Waals surface area contributed by atoms with E-state index < -0.39 is 0 Å². The van der Waals surface area contributed by atoms with Gasteiger partial charge in [0.1, 0.15) is 0 Å². The quantitative estimate of drug-likeness (QED) is 0.170. The zero-order valence-electron chi connectivity index (χ0n) is 32.7. The van der Waals surface area contributed by atoms with Gasteiger partial charge in [-0.15, -0.1) is 11.3 Å². The lowest BCUT2D eigenvalue weighted by atomic mass is 9.63. The molecule has 11 aromatic rings. The molecule has 8 aromatic carbocycles. The van der Waals surface area contributed by atoms with Crippen LogP contribution in [0.1, 0.15) is 51.7 Å². The molecule has 12 rings (SSSR count). The molecule has 0 aliphatic heterocycles. The average Bonchev–Trinajstić information content (AvgIpc) is 3.88. The SMILES string of the molecule is CC1(C)CCC(C)(C)c2cc3c(cc21)c1cc2c(cc1n3-c1ccccc1)c1c3ccccc3ccc1n2-c1ccc(-c2ccc3sc4ccccc4c3c2)cc1. The Bertz CT molecular complexity index is 3440. The average molecular weight is 751 g/mol. The maximum atomic E-state index is 2.56. The second-order valence-electron chi connectivity index (χ2n) is 17.6. The Kier molecular flexibility index (Phi) is 6.77. The van der Waals surface area contributed by atoms with Crippen molar-refractivity contribution < 1.29 is 0 Å². The summed E-state index contributed by atoms with van der Waals surface area (Å²) in [6.07, 6.45) is 2.38. The number of thiophene rings is 1. The van der Waals surface area contributed by atoms with E-state index in [2.05, 4.69) is 195 Å². The maximum Gasteiger partial charge on any atom is 0.0549 e. The van der Waals surface area contributed by atoms with Crippen molar-refractivity contribution in [3.05, 3.63) is 169 Å². The van der Waals surface area contributed by atoms with E-state index in [4.69, 9.17) is 0 Å². The summed E-state index contributed by atoms with van der Waals surface area (Å²) in [4.78, 5) is 0. The Labute approximate surface area is 336 Å². The van der Waals surface area contributed by atoms with Crippen LogP contribution in [0.25, 0.3) is 97.1 Å². The van der Waals surface area contributed by atoms with Gasteiger partial charge in [0.15, 0.2) is 0 Å². The molecule has 2 nitrogen and oxygen atoms in total. The summed E-state index contributed by atoms with van der Waals surface area (Å²) >= 11 is 1.87. The summed E-state index contributed by atoms with van der Waals surface area (Å²) < 4.78 is 7.71. The van der Waals surface area contributed by atoms with Crippen molar-refractivity contribution in [2.75, 3.05) is 0 Å². The lowest BCUT2D eigenvalue weighted by Gasteiger charge is -2.42. The lowest BCUT2D eigenvalue weighted by molar-refractivity contribution is 0.332. The Morgan fingerprint density at radius 2 is 0.982 bits per heavy atom. The van der Waals surface area contributed by atoms with Crippen LogP contribution in [0.4, 0.5) is 0 Å². The molecule has 0 atom stereocenters. The fourth-order valence-corrected chi connectivity index (χ4v) is 11.3. The number of hydrogen-bond acceptors (Lipinski definition) is 1. The highest BCUT2D eigenvalue weighted by Gasteiger charge is 2.38. The topological polar surface area (TPSA) is 9.86 Å². The van der Waals surface area contributed by atoms with E-state index >= 15 is 0 Å². The molecule has 1 aliphatic carbocycles. The number of fused-ring (bicyclic) bond motifs is 12. The second-order valence-corrected chi connectivity index (χ2v) is 18.7. The molecule has 3 heteroatoms. The van der Waals surface area contributed by atoms with E-state index in [0.717, 1.165) is 0 Å². The smallest absolute Gasteiger partial charge is 0.0549 e. The minimum absolute atomic E-state index is 0.112. The van der Waals surface area contributed by atoms with E-state index in [1.165, 1.54) is 121 Å². The van der Waals surface area contributed by atoms with Crippen LogP contribution in [0.5, 0.6) is 0 Å². The predicted octanol–water partition coefficient (Wildman–Crippen LogP) is 15.4. The molecule has 0 N–H and O–H groups in total.